The molecule has 1 saturated heterocycles. The molecule has 0 saturated carbocycles. The Bertz CT molecular complexity index is 465. The molecule has 20 heavy (non-hydrogen) atoms. The number of likely N-dealkylation sites (N-methyl/N-ethyl adjacent to an activating group) is 2. The molecular formula is C14H21ClN4O. The average Bonchev–Trinajstić information content (AvgIpc) is 2.39. The van der Waals surface area contributed by atoms with Gasteiger partial charge in [-0.05, 0) is 26.1 Å². The van der Waals surface area contributed by atoms with Gasteiger partial charge in [0.05, 0.1) is 11.6 Å². The highest BCUT2D eigenvalue weighted by Crippen LogP contribution is 2.14. The number of hydrogen-bond acceptors (Lipinski definition) is 4. The first kappa shape index (κ1) is 15.1. The molecule has 5 nitrogen and oxygen atoms in total. The molecule has 0 radical (unpaired) electrons. The van der Waals surface area contributed by atoms with Crippen molar-refractivity contribution >= 4 is 23.3 Å². The van der Waals surface area contributed by atoms with Crippen molar-refractivity contribution in [2.75, 3.05) is 45.2 Å². The van der Waals surface area contributed by atoms with E-state index in [1.165, 1.54) is 0 Å². The Morgan fingerprint density at radius 3 is 2.85 bits per heavy atom. The van der Waals surface area contributed by atoms with Crippen molar-refractivity contribution in [3.8, 4) is 0 Å². The summed E-state index contributed by atoms with van der Waals surface area (Å²) in [6.45, 7) is 5.07. The van der Waals surface area contributed by atoms with Crippen molar-refractivity contribution in [2.24, 2.45) is 0 Å². The normalized spacial score (nSPS) is 20.0. The lowest BCUT2D eigenvalue weighted by Gasteiger charge is -2.39. The van der Waals surface area contributed by atoms with Crippen LogP contribution in [0.25, 0.3) is 0 Å². The Hall–Kier alpha value is -1.33. The molecule has 0 spiro atoms. The van der Waals surface area contributed by atoms with Crippen molar-refractivity contribution in [1.29, 1.82) is 0 Å². The topological polar surface area (TPSA) is 39.7 Å². The predicted octanol–water partition coefficient (Wildman–Crippen LogP) is 1.33. The van der Waals surface area contributed by atoms with E-state index in [2.05, 4.69) is 23.9 Å². The van der Waals surface area contributed by atoms with Crippen molar-refractivity contribution < 1.29 is 4.79 Å². The van der Waals surface area contributed by atoms with E-state index in [0.717, 1.165) is 25.5 Å². The molecule has 1 aliphatic heterocycles. The Balaban J connectivity index is 1.95. The molecule has 6 heteroatoms. The maximum absolute atomic E-state index is 12.4. The summed E-state index contributed by atoms with van der Waals surface area (Å²) in [5.74, 6) is 0.898. The van der Waals surface area contributed by atoms with Crippen LogP contribution >= 0.6 is 11.6 Å². The molecule has 1 aliphatic rings. The van der Waals surface area contributed by atoms with Gasteiger partial charge in [0.15, 0.2) is 0 Å². The molecule has 0 N–H and O–H groups in total. The van der Waals surface area contributed by atoms with E-state index in [9.17, 15) is 4.79 Å². The second-order valence-electron chi connectivity index (χ2n) is 5.39. The predicted molar refractivity (Wildman–Crippen MR) is 81.2 cm³/mol. The Morgan fingerprint density at radius 2 is 2.25 bits per heavy atom. The van der Waals surface area contributed by atoms with Crippen molar-refractivity contribution in [1.82, 2.24) is 14.8 Å². The third-order valence-corrected chi connectivity index (χ3v) is 3.85. The number of pyridine rings is 1. The first-order valence-corrected chi connectivity index (χ1v) is 7.16. The first-order valence-electron chi connectivity index (χ1n) is 6.78. The number of nitrogens with zero attached hydrogens (tertiary/aromatic N) is 4. The zero-order chi connectivity index (χ0) is 14.7. The molecule has 0 aliphatic carbocycles. The summed E-state index contributed by atoms with van der Waals surface area (Å²) in [5.41, 5.74) is 0. The van der Waals surface area contributed by atoms with E-state index < -0.39 is 0 Å². The van der Waals surface area contributed by atoms with Gasteiger partial charge in [-0.1, -0.05) is 11.6 Å². The van der Waals surface area contributed by atoms with Crippen LogP contribution in [-0.4, -0.2) is 67.0 Å². The molecule has 1 aromatic rings. The molecule has 0 bridgehead atoms. The maximum Gasteiger partial charge on any atom is 0.242 e. The van der Waals surface area contributed by atoms with Gasteiger partial charge < -0.3 is 14.7 Å². The minimum Gasteiger partial charge on any atom is -0.350 e. The lowest BCUT2D eigenvalue weighted by molar-refractivity contribution is -0.133. The van der Waals surface area contributed by atoms with E-state index in [0.29, 0.717) is 11.6 Å². The number of hydrogen-bond donors (Lipinski definition) is 0. The standard InChI is InChI=1S/C14H21ClN4O/c1-11-9-17(2)6-7-19(11)14(20)10-18(3)13-5-4-12(15)8-16-13/h4-5,8,11H,6-7,9-10H2,1-3H3. The highest BCUT2D eigenvalue weighted by atomic mass is 35.5. The van der Waals surface area contributed by atoms with Gasteiger partial charge in [-0.3, -0.25) is 4.79 Å². The maximum atomic E-state index is 12.4. The minimum atomic E-state index is 0.143. The number of halogens is 1. The number of rotatable bonds is 3. The van der Waals surface area contributed by atoms with E-state index in [1.807, 2.05) is 22.9 Å². The van der Waals surface area contributed by atoms with Crippen molar-refractivity contribution in [2.45, 2.75) is 13.0 Å². The number of carbonyl (C=O) groups is 1. The fourth-order valence-electron chi connectivity index (χ4n) is 2.48. The summed E-state index contributed by atoms with van der Waals surface area (Å²) >= 11 is 5.82. The molecule has 0 aromatic carbocycles. The van der Waals surface area contributed by atoms with Gasteiger partial charge in [-0.15, -0.1) is 0 Å². The molecule has 1 fully saturated rings. The third kappa shape index (κ3) is 3.61. The minimum absolute atomic E-state index is 0.143. The summed E-state index contributed by atoms with van der Waals surface area (Å²) in [7, 11) is 3.96. The summed E-state index contributed by atoms with van der Waals surface area (Å²) < 4.78 is 0. The largest absolute Gasteiger partial charge is 0.350 e. The number of piperazine rings is 1. The van der Waals surface area contributed by atoms with Crippen LogP contribution in [0, 0.1) is 0 Å². The van der Waals surface area contributed by atoms with Crippen LogP contribution in [0.2, 0.25) is 5.02 Å². The highest BCUT2D eigenvalue weighted by molar-refractivity contribution is 6.30. The summed E-state index contributed by atoms with van der Waals surface area (Å²) in [4.78, 5) is 22.7. The van der Waals surface area contributed by atoms with Gasteiger partial charge in [-0.2, -0.15) is 0 Å². The van der Waals surface area contributed by atoms with Crippen molar-refractivity contribution in [3.05, 3.63) is 23.4 Å². The molecular weight excluding hydrogens is 276 g/mol. The van der Waals surface area contributed by atoms with Gasteiger partial charge in [0, 0.05) is 38.9 Å². The smallest absolute Gasteiger partial charge is 0.242 e. The van der Waals surface area contributed by atoms with E-state index >= 15 is 0 Å². The monoisotopic (exact) mass is 296 g/mol. The number of carbonyl (C=O) groups excluding carboxylic acids is 1. The fourth-order valence-corrected chi connectivity index (χ4v) is 2.59. The molecule has 2 rings (SSSR count). The van der Waals surface area contributed by atoms with Gasteiger partial charge in [-0.25, -0.2) is 4.98 Å². The Labute approximate surface area is 125 Å². The first-order chi connectivity index (χ1) is 9.47. The van der Waals surface area contributed by atoms with Crippen LogP contribution in [0.5, 0.6) is 0 Å². The molecule has 1 amide bonds. The highest BCUT2D eigenvalue weighted by Gasteiger charge is 2.26. The van der Waals surface area contributed by atoms with Gasteiger partial charge in [0.1, 0.15) is 5.82 Å². The molecule has 1 atom stereocenters. The van der Waals surface area contributed by atoms with Crippen LogP contribution in [0.3, 0.4) is 0 Å². The van der Waals surface area contributed by atoms with Gasteiger partial charge >= 0.3 is 0 Å². The summed E-state index contributed by atoms with van der Waals surface area (Å²) in [6, 6.07) is 3.86. The average molecular weight is 297 g/mol. The number of amides is 1. The second kappa shape index (κ2) is 6.41. The van der Waals surface area contributed by atoms with Crippen LogP contribution in [0.1, 0.15) is 6.92 Å². The van der Waals surface area contributed by atoms with Gasteiger partial charge in [0.2, 0.25) is 5.91 Å². The molecule has 110 valence electrons. The lowest BCUT2D eigenvalue weighted by atomic mass is 10.2. The fraction of sp³-hybridized carbons (Fsp3) is 0.571. The van der Waals surface area contributed by atoms with Crippen LogP contribution in [0.4, 0.5) is 5.82 Å². The SMILES string of the molecule is CC1CN(C)CCN1C(=O)CN(C)c1ccc(Cl)cn1. The Morgan fingerprint density at radius 1 is 1.50 bits per heavy atom. The van der Waals surface area contributed by atoms with Crippen molar-refractivity contribution in [3.63, 3.8) is 0 Å². The van der Waals surface area contributed by atoms with Crippen LogP contribution in [-0.2, 0) is 4.79 Å². The van der Waals surface area contributed by atoms with Crippen LogP contribution in [0.15, 0.2) is 18.3 Å². The van der Waals surface area contributed by atoms with E-state index in [-0.39, 0.29) is 11.9 Å². The summed E-state index contributed by atoms with van der Waals surface area (Å²) in [6.07, 6.45) is 1.59. The lowest BCUT2D eigenvalue weighted by Crippen LogP contribution is -2.54. The number of anilines is 1. The second-order valence-corrected chi connectivity index (χ2v) is 5.83. The quantitative estimate of drug-likeness (QED) is 0.844. The molecule has 2 heterocycles. The third-order valence-electron chi connectivity index (χ3n) is 3.63. The molecule has 1 aromatic heterocycles. The van der Waals surface area contributed by atoms with E-state index in [4.69, 9.17) is 11.6 Å². The molecule has 1 unspecified atom stereocenters. The number of aromatic nitrogens is 1. The zero-order valence-corrected chi connectivity index (χ0v) is 13.0. The zero-order valence-electron chi connectivity index (χ0n) is 12.2. The Kier molecular flexibility index (Phi) is 4.83. The van der Waals surface area contributed by atoms with Gasteiger partial charge in [0.25, 0.3) is 0 Å². The van der Waals surface area contributed by atoms with Crippen LogP contribution < -0.4 is 4.90 Å². The van der Waals surface area contributed by atoms with E-state index in [1.54, 1.807) is 12.3 Å². The summed E-state index contributed by atoms with van der Waals surface area (Å²) in [5, 5.41) is 0.598.